The molecular formula is C20H22FN3O3. The van der Waals surface area contributed by atoms with Gasteiger partial charge in [-0.05, 0) is 63.6 Å². The Balaban J connectivity index is 2.20. The molecule has 2 heterocycles. The molecule has 0 aliphatic heterocycles. The van der Waals surface area contributed by atoms with Crippen LogP contribution in [-0.2, 0) is 11.3 Å². The van der Waals surface area contributed by atoms with Crippen molar-refractivity contribution in [3.63, 3.8) is 0 Å². The molecule has 0 unspecified atom stereocenters. The van der Waals surface area contributed by atoms with Crippen LogP contribution < -0.4 is 11.3 Å². The van der Waals surface area contributed by atoms with E-state index in [1.54, 1.807) is 46.0 Å². The van der Waals surface area contributed by atoms with E-state index < -0.39 is 17.5 Å². The van der Waals surface area contributed by atoms with Crippen molar-refractivity contribution in [2.75, 3.05) is 5.73 Å². The summed E-state index contributed by atoms with van der Waals surface area (Å²) in [4.78, 5) is 25.1. The number of halogens is 1. The van der Waals surface area contributed by atoms with Gasteiger partial charge < -0.3 is 15.0 Å². The Morgan fingerprint density at radius 1 is 1.26 bits per heavy atom. The molecule has 142 valence electrons. The van der Waals surface area contributed by atoms with Crippen molar-refractivity contribution in [2.45, 2.75) is 39.8 Å². The van der Waals surface area contributed by atoms with E-state index in [9.17, 15) is 14.0 Å². The average molecular weight is 371 g/mol. The van der Waals surface area contributed by atoms with Crippen molar-refractivity contribution in [1.29, 1.82) is 0 Å². The summed E-state index contributed by atoms with van der Waals surface area (Å²) in [5.41, 5.74) is 6.40. The lowest BCUT2D eigenvalue weighted by atomic mass is 10.1. The number of anilines is 1. The summed E-state index contributed by atoms with van der Waals surface area (Å²) in [6, 6.07) is 7.57. The van der Waals surface area contributed by atoms with Gasteiger partial charge in [0.1, 0.15) is 11.4 Å². The molecule has 2 N–H and O–H groups in total. The van der Waals surface area contributed by atoms with Crippen molar-refractivity contribution in [1.82, 2.24) is 9.13 Å². The quantitative estimate of drug-likeness (QED) is 0.745. The smallest absolute Gasteiger partial charge is 0.419 e. The summed E-state index contributed by atoms with van der Waals surface area (Å²) in [6.07, 6.45) is 1.00. The van der Waals surface area contributed by atoms with E-state index >= 15 is 0 Å². The lowest BCUT2D eigenvalue weighted by Gasteiger charge is -2.21. The molecule has 3 rings (SSSR count). The Kier molecular flexibility index (Phi) is 4.55. The number of benzene rings is 1. The fraction of sp³-hybridized carbons (Fsp3) is 0.300. The minimum absolute atomic E-state index is 0.0961. The number of rotatable bonds is 2. The monoisotopic (exact) mass is 371 g/mol. The highest BCUT2D eigenvalue weighted by Crippen LogP contribution is 2.26. The summed E-state index contributed by atoms with van der Waals surface area (Å²) in [5, 5.41) is 0.560. The molecule has 0 amide bonds. The number of aryl methyl sites for hydroxylation is 1. The lowest BCUT2D eigenvalue weighted by molar-refractivity contribution is 0.0539. The maximum Gasteiger partial charge on any atom is 0.419 e. The van der Waals surface area contributed by atoms with E-state index in [0.717, 1.165) is 0 Å². The second-order valence-electron chi connectivity index (χ2n) is 7.51. The van der Waals surface area contributed by atoms with Gasteiger partial charge in [0.2, 0.25) is 0 Å². The molecule has 0 saturated heterocycles. The molecule has 0 aliphatic carbocycles. The van der Waals surface area contributed by atoms with Crippen LogP contribution in [0.3, 0.4) is 0 Å². The third-order valence-corrected chi connectivity index (χ3v) is 4.09. The number of hydrogen-bond donors (Lipinski definition) is 1. The highest BCUT2D eigenvalue weighted by molar-refractivity contribution is 5.93. The van der Waals surface area contributed by atoms with Crippen LogP contribution in [0.4, 0.5) is 14.9 Å². The van der Waals surface area contributed by atoms with Crippen molar-refractivity contribution < 1.29 is 13.9 Å². The van der Waals surface area contributed by atoms with Crippen LogP contribution in [0.15, 0.2) is 41.3 Å². The molecule has 1 aromatic carbocycles. The van der Waals surface area contributed by atoms with Gasteiger partial charge in [0.25, 0.3) is 5.56 Å². The minimum atomic E-state index is -0.701. The van der Waals surface area contributed by atoms with E-state index in [2.05, 4.69) is 0 Å². The highest BCUT2D eigenvalue weighted by atomic mass is 19.1. The molecule has 0 radical (unpaired) electrons. The predicted molar refractivity (Wildman–Crippen MR) is 102 cm³/mol. The van der Waals surface area contributed by atoms with Crippen molar-refractivity contribution in [2.24, 2.45) is 0 Å². The first-order chi connectivity index (χ1) is 12.6. The van der Waals surface area contributed by atoms with Crippen LogP contribution in [0.5, 0.6) is 0 Å². The van der Waals surface area contributed by atoms with Crippen LogP contribution in [0.2, 0.25) is 0 Å². The Bertz CT molecular complexity index is 1090. The lowest BCUT2D eigenvalue weighted by Crippen LogP contribution is -2.29. The number of nitrogens with zero attached hydrogens (tertiary/aromatic N) is 2. The van der Waals surface area contributed by atoms with E-state index in [1.807, 2.05) is 0 Å². The first-order valence-corrected chi connectivity index (χ1v) is 8.55. The van der Waals surface area contributed by atoms with Gasteiger partial charge >= 0.3 is 6.09 Å². The topological polar surface area (TPSA) is 79.2 Å². The zero-order valence-corrected chi connectivity index (χ0v) is 15.7. The van der Waals surface area contributed by atoms with Crippen LogP contribution in [-0.4, -0.2) is 20.8 Å². The summed E-state index contributed by atoms with van der Waals surface area (Å²) in [7, 11) is 0. The summed E-state index contributed by atoms with van der Waals surface area (Å²) in [6.45, 7) is 7.13. The maximum absolute atomic E-state index is 13.9. The second kappa shape index (κ2) is 6.57. The number of pyridine rings is 1. The van der Waals surface area contributed by atoms with E-state index in [1.165, 1.54) is 27.3 Å². The van der Waals surface area contributed by atoms with Gasteiger partial charge in [0, 0.05) is 11.6 Å². The Hall–Kier alpha value is -3.09. The van der Waals surface area contributed by atoms with E-state index in [4.69, 9.17) is 10.5 Å². The molecule has 0 atom stereocenters. The second-order valence-corrected chi connectivity index (χ2v) is 7.51. The molecule has 3 aromatic rings. The molecular weight excluding hydrogens is 349 g/mol. The number of carbonyl (C=O) groups is 1. The summed E-state index contributed by atoms with van der Waals surface area (Å²) < 4.78 is 22.2. The van der Waals surface area contributed by atoms with Gasteiger partial charge in [-0.15, -0.1) is 0 Å². The zero-order valence-electron chi connectivity index (χ0n) is 15.7. The first kappa shape index (κ1) is 18.7. The molecule has 2 aromatic heterocycles. The van der Waals surface area contributed by atoms with Gasteiger partial charge in [-0.3, -0.25) is 4.79 Å². The number of fused-ring (bicyclic) bond motifs is 1. The van der Waals surface area contributed by atoms with Crippen LogP contribution >= 0.6 is 0 Å². The Labute approximate surface area is 156 Å². The van der Waals surface area contributed by atoms with Crippen molar-refractivity contribution >= 4 is 22.7 Å². The zero-order chi connectivity index (χ0) is 19.9. The fourth-order valence-corrected chi connectivity index (χ4v) is 3.05. The van der Waals surface area contributed by atoms with E-state index in [-0.39, 0.29) is 17.8 Å². The molecule has 0 saturated carbocycles. The number of ether oxygens (including phenoxy) is 1. The standard InChI is InChI=1S/C20H22FN3O3/c1-12-8-14(21)9-13-10-15(11-23-7-5-6-16(22)18(23)25)24(17(12)13)19(26)27-20(2,3)4/h5-10H,11,22H2,1-4H3. The number of aromatic nitrogens is 2. The highest BCUT2D eigenvalue weighted by Gasteiger charge is 2.23. The van der Waals surface area contributed by atoms with Gasteiger partial charge in [0.05, 0.1) is 23.4 Å². The largest absolute Gasteiger partial charge is 0.443 e. The SMILES string of the molecule is Cc1cc(F)cc2cc(Cn3cccc(N)c3=O)n(C(=O)OC(C)(C)C)c12. The molecule has 0 fully saturated rings. The van der Waals surface area contributed by atoms with Crippen molar-refractivity contribution in [3.8, 4) is 0 Å². The number of nitrogen functional groups attached to an aromatic ring is 1. The Morgan fingerprint density at radius 3 is 2.63 bits per heavy atom. The van der Waals surface area contributed by atoms with Gasteiger partial charge in [0.15, 0.2) is 0 Å². The summed E-state index contributed by atoms with van der Waals surface area (Å²) in [5.74, 6) is -0.394. The first-order valence-electron chi connectivity index (χ1n) is 8.55. The third kappa shape index (κ3) is 3.72. The maximum atomic E-state index is 13.9. The third-order valence-electron chi connectivity index (χ3n) is 4.09. The van der Waals surface area contributed by atoms with Crippen LogP contribution in [0, 0.1) is 12.7 Å². The van der Waals surface area contributed by atoms with Gasteiger partial charge in [-0.1, -0.05) is 0 Å². The molecule has 0 aliphatic rings. The number of hydrogen-bond acceptors (Lipinski definition) is 4. The fourth-order valence-electron chi connectivity index (χ4n) is 3.05. The van der Waals surface area contributed by atoms with Gasteiger partial charge in [-0.2, -0.15) is 0 Å². The molecule has 6 nitrogen and oxygen atoms in total. The van der Waals surface area contributed by atoms with Crippen molar-refractivity contribution in [3.05, 3.63) is 64.0 Å². The predicted octanol–water partition coefficient (Wildman–Crippen LogP) is 3.66. The molecule has 0 bridgehead atoms. The van der Waals surface area contributed by atoms with Gasteiger partial charge in [-0.25, -0.2) is 13.8 Å². The minimum Gasteiger partial charge on any atom is -0.443 e. The summed E-state index contributed by atoms with van der Waals surface area (Å²) >= 11 is 0. The molecule has 0 spiro atoms. The molecule has 27 heavy (non-hydrogen) atoms. The Morgan fingerprint density at radius 2 is 1.96 bits per heavy atom. The van der Waals surface area contributed by atoms with E-state index in [0.29, 0.717) is 22.2 Å². The average Bonchev–Trinajstić information content (AvgIpc) is 2.88. The number of nitrogens with two attached hydrogens (primary N) is 1. The van der Waals surface area contributed by atoms with Crippen LogP contribution in [0.25, 0.3) is 10.9 Å². The normalized spacial score (nSPS) is 11.7. The number of carbonyl (C=O) groups excluding carboxylic acids is 1. The molecule has 7 heteroatoms. The van der Waals surface area contributed by atoms with Crippen LogP contribution in [0.1, 0.15) is 32.0 Å².